The van der Waals surface area contributed by atoms with Gasteiger partial charge in [-0.2, -0.15) is 0 Å². The Morgan fingerprint density at radius 3 is 2.50 bits per heavy atom. The highest BCUT2D eigenvalue weighted by atomic mass is 16.5. The van der Waals surface area contributed by atoms with Gasteiger partial charge in [0.1, 0.15) is 5.75 Å². The van der Waals surface area contributed by atoms with E-state index in [9.17, 15) is 4.79 Å². The maximum atomic E-state index is 12.8. The van der Waals surface area contributed by atoms with Crippen LogP contribution >= 0.6 is 0 Å². The van der Waals surface area contributed by atoms with Crippen LogP contribution in [0.2, 0.25) is 0 Å². The van der Waals surface area contributed by atoms with Crippen molar-refractivity contribution in [3.63, 3.8) is 0 Å². The minimum atomic E-state index is 0.0134. The maximum absolute atomic E-state index is 12.8. The fraction of sp³-hybridized carbons (Fsp3) is 0.316. The lowest BCUT2D eigenvalue weighted by atomic mass is 9.96. The molecule has 0 saturated heterocycles. The lowest BCUT2D eigenvalue weighted by Crippen LogP contribution is -2.28. The van der Waals surface area contributed by atoms with Gasteiger partial charge in [-0.3, -0.25) is 4.79 Å². The standard InChI is InChI=1S/C19H21NO2/c1-3-6-17-16-7-4-5-8-18(16)20(19(17)21)13-14-9-11-15(22-2)12-10-14/h4-5,7-12,17H,3,6,13H2,1-2H3. The average molecular weight is 295 g/mol. The van der Waals surface area contributed by atoms with Crippen LogP contribution in [0, 0.1) is 0 Å². The monoisotopic (exact) mass is 295 g/mol. The van der Waals surface area contributed by atoms with Gasteiger partial charge in [-0.1, -0.05) is 43.7 Å². The van der Waals surface area contributed by atoms with Crippen LogP contribution < -0.4 is 9.64 Å². The number of anilines is 1. The number of amides is 1. The Labute approximate surface area is 131 Å². The maximum Gasteiger partial charge on any atom is 0.234 e. The van der Waals surface area contributed by atoms with Gasteiger partial charge in [0.15, 0.2) is 0 Å². The van der Waals surface area contributed by atoms with Crippen molar-refractivity contribution in [2.24, 2.45) is 0 Å². The van der Waals surface area contributed by atoms with E-state index in [0.717, 1.165) is 29.8 Å². The van der Waals surface area contributed by atoms with Gasteiger partial charge in [-0.05, 0) is 35.7 Å². The fourth-order valence-corrected chi connectivity index (χ4v) is 3.11. The molecule has 2 aromatic rings. The molecule has 0 bridgehead atoms. The number of para-hydroxylation sites is 1. The third-order valence-electron chi connectivity index (χ3n) is 4.24. The number of carbonyl (C=O) groups excluding carboxylic acids is 1. The van der Waals surface area contributed by atoms with Crippen molar-refractivity contribution < 1.29 is 9.53 Å². The van der Waals surface area contributed by atoms with Crippen molar-refractivity contribution in [3.8, 4) is 5.75 Å². The SMILES string of the molecule is CCCC1C(=O)N(Cc2ccc(OC)cc2)c2ccccc21. The highest BCUT2D eigenvalue weighted by Crippen LogP contribution is 2.40. The number of carbonyl (C=O) groups is 1. The van der Waals surface area contributed by atoms with Gasteiger partial charge in [-0.25, -0.2) is 0 Å². The summed E-state index contributed by atoms with van der Waals surface area (Å²) in [6.45, 7) is 2.74. The molecule has 0 saturated carbocycles. The van der Waals surface area contributed by atoms with E-state index in [1.54, 1.807) is 7.11 Å². The average Bonchev–Trinajstić information content (AvgIpc) is 2.82. The molecule has 2 aromatic carbocycles. The molecule has 1 amide bonds. The third kappa shape index (κ3) is 2.59. The molecule has 1 aliphatic heterocycles. The minimum Gasteiger partial charge on any atom is -0.497 e. The molecule has 114 valence electrons. The molecule has 3 nitrogen and oxygen atoms in total. The zero-order valence-corrected chi connectivity index (χ0v) is 13.1. The molecule has 0 fully saturated rings. The number of rotatable bonds is 5. The van der Waals surface area contributed by atoms with E-state index in [1.165, 1.54) is 5.56 Å². The zero-order valence-electron chi connectivity index (χ0n) is 13.1. The summed E-state index contributed by atoms with van der Waals surface area (Å²) >= 11 is 0. The molecule has 0 aliphatic carbocycles. The summed E-state index contributed by atoms with van der Waals surface area (Å²) in [4.78, 5) is 14.7. The number of nitrogens with zero attached hydrogens (tertiary/aromatic N) is 1. The van der Waals surface area contributed by atoms with Gasteiger partial charge in [0.05, 0.1) is 19.6 Å². The Kier molecular flexibility index (Phi) is 4.14. The first-order valence-corrected chi connectivity index (χ1v) is 7.77. The predicted octanol–water partition coefficient (Wildman–Crippen LogP) is 4.13. The van der Waals surface area contributed by atoms with Crippen LogP contribution in [0.3, 0.4) is 0 Å². The number of hydrogen-bond acceptors (Lipinski definition) is 2. The Bertz CT molecular complexity index is 663. The second-order valence-electron chi connectivity index (χ2n) is 5.67. The van der Waals surface area contributed by atoms with Crippen molar-refractivity contribution in [2.45, 2.75) is 32.2 Å². The Morgan fingerprint density at radius 1 is 1.09 bits per heavy atom. The first-order chi connectivity index (χ1) is 10.7. The number of methoxy groups -OCH3 is 1. The molecule has 0 radical (unpaired) electrons. The van der Waals surface area contributed by atoms with Gasteiger partial charge in [0.2, 0.25) is 5.91 Å². The first-order valence-electron chi connectivity index (χ1n) is 7.77. The molecular formula is C19H21NO2. The van der Waals surface area contributed by atoms with Gasteiger partial charge < -0.3 is 9.64 Å². The molecule has 3 heteroatoms. The van der Waals surface area contributed by atoms with Crippen LogP contribution in [-0.2, 0) is 11.3 Å². The summed E-state index contributed by atoms with van der Waals surface area (Å²) in [5, 5.41) is 0. The Hall–Kier alpha value is -2.29. The van der Waals surface area contributed by atoms with E-state index in [0.29, 0.717) is 6.54 Å². The lowest BCUT2D eigenvalue weighted by molar-refractivity contribution is -0.119. The molecule has 0 spiro atoms. The third-order valence-corrected chi connectivity index (χ3v) is 4.24. The normalized spacial score (nSPS) is 16.7. The van der Waals surface area contributed by atoms with Crippen LogP contribution in [0.5, 0.6) is 5.75 Å². The molecule has 0 aromatic heterocycles. The second-order valence-corrected chi connectivity index (χ2v) is 5.67. The number of fused-ring (bicyclic) bond motifs is 1. The molecular weight excluding hydrogens is 274 g/mol. The van der Waals surface area contributed by atoms with Crippen molar-refractivity contribution in [3.05, 3.63) is 59.7 Å². The Balaban J connectivity index is 1.88. The lowest BCUT2D eigenvalue weighted by Gasteiger charge is -2.18. The highest BCUT2D eigenvalue weighted by molar-refractivity contribution is 6.04. The van der Waals surface area contributed by atoms with Gasteiger partial charge >= 0.3 is 0 Å². The van der Waals surface area contributed by atoms with Crippen LogP contribution in [0.4, 0.5) is 5.69 Å². The highest BCUT2D eigenvalue weighted by Gasteiger charge is 2.35. The zero-order chi connectivity index (χ0) is 15.5. The molecule has 1 unspecified atom stereocenters. The summed E-state index contributed by atoms with van der Waals surface area (Å²) in [5.74, 6) is 1.07. The first kappa shape index (κ1) is 14.6. The van der Waals surface area contributed by atoms with Gasteiger partial charge in [0, 0.05) is 5.69 Å². The molecule has 0 N–H and O–H groups in total. The number of ether oxygens (including phenoxy) is 1. The van der Waals surface area contributed by atoms with Gasteiger partial charge in [0.25, 0.3) is 0 Å². The van der Waals surface area contributed by atoms with Crippen molar-refractivity contribution in [2.75, 3.05) is 12.0 Å². The van der Waals surface area contributed by atoms with E-state index < -0.39 is 0 Å². The topological polar surface area (TPSA) is 29.5 Å². The summed E-state index contributed by atoms with van der Waals surface area (Å²) in [7, 11) is 1.66. The predicted molar refractivity (Wildman–Crippen MR) is 88.3 cm³/mol. The largest absolute Gasteiger partial charge is 0.497 e. The van der Waals surface area contributed by atoms with Crippen LogP contribution in [-0.4, -0.2) is 13.0 Å². The van der Waals surface area contributed by atoms with E-state index >= 15 is 0 Å². The van der Waals surface area contributed by atoms with Crippen molar-refractivity contribution >= 4 is 11.6 Å². The second kappa shape index (κ2) is 6.22. The molecule has 1 atom stereocenters. The molecule has 1 heterocycles. The number of hydrogen-bond donors (Lipinski definition) is 0. The van der Waals surface area contributed by atoms with Crippen molar-refractivity contribution in [1.29, 1.82) is 0 Å². The molecule has 3 rings (SSSR count). The van der Waals surface area contributed by atoms with Crippen LogP contribution in [0.1, 0.15) is 36.8 Å². The van der Waals surface area contributed by atoms with Gasteiger partial charge in [-0.15, -0.1) is 0 Å². The number of benzene rings is 2. The van der Waals surface area contributed by atoms with Crippen molar-refractivity contribution in [1.82, 2.24) is 0 Å². The van der Waals surface area contributed by atoms with E-state index in [2.05, 4.69) is 13.0 Å². The van der Waals surface area contributed by atoms with Crippen LogP contribution in [0.25, 0.3) is 0 Å². The minimum absolute atomic E-state index is 0.0134. The quantitative estimate of drug-likeness (QED) is 0.830. The van der Waals surface area contributed by atoms with E-state index in [-0.39, 0.29) is 11.8 Å². The summed E-state index contributed by atoms with van der Waals surface area (Å²) in [6.07, 6.45) is 1.93. The Morgan fingerprint density at radius 2 is 1.82 bits per heavy atom. The summed E-state index contributed by atoms with van der Waals surface area (Å²) in [5.41, 5.74) is 3.34. The van der Waals surface area contributed by atoms with E-state index in [4.69, 9.17) is 4.74 Å². The van der Waals surface area contributed by atoms with Crippen LogP contribution in [0.15, 0.2) is 48.5 Å². The molecule has 22 heavy (non-hydrogen) atoms. The smallest absolute Gasteiger partial charge is 0.234 e. The summed E-state index contributed by atoms with van der Waals surface area (Å²) in [6, 6.07) is 16.1. The van der Waals surface area contributed by atoms with E-state index in [1.807, 2.05) is 47.4 Å². The fourth-order valence-electron chi connectivity index (χ4n) is 3.11. The molecule has 1 aliphatic rings. The summed E-state index contributed by atoms with van der Waals surface area (Å²) < 4.78 is 5.18.